The second-order valence-corrected chi connectivity index (χ2v) is 6.28. The Morgan fingerprint density at radius 1 is 1.38 bits per heavy atom. The Morgan fingerprint density at radius 2 is 2.14 bits per heavy atom. The summed E-state index contributed by atoms with van der Waals surface area (Å²) in [5.74, 6) is 0.300. The maximum Gasteiger partial charge on any atom is 0.131 e. The lowest BCUT2D eigenvalue weighted by molar-refractivity contribution is -0.118. The van der Waals surface area contributed by atoms with Crippen molar-refractivity contribution < 1.29 is 4.79 Å². The first-order valence-electron chi connectivity index (χ1n) is 8.41. The topological polar surface area (TPSA) is 38.1 Å². The number of hydrogen-bond donors (Lipinski definition) is 0. The van der Waals surface area contributed by atoms with E-state index < -0.39 is 0 Å². The van der Waals surface area contributed by atoms with Gasteiger partial charge in [-0.3, -0.25) is 14.4 Å². The maximum absolute atomic E-state index is 11.4. The zero-order valence-corrected chi connectivity index (χ0v) is 13.7. The first-order chi connectivity index (χ1) is 10.1. The quantitative estimate of drug-likeness (QED) is 0.770. The van der Waals surface area contributed by atoms with E-state index in [1.165, 1.54) is 12.8 Å². The molecular formula is C17H29N3O. The van der Waals surface area contributed by atoms with E-state index in [9.17, 15) is 4.79 Å². The molecule has 21 heavy (non-hydrogen) atoms. The fraction of sp³-hybridized carbons (Fsp3) is 0.765. The van der Waals surface area contributed by atoms with Crippen LogP contribution in [0.25, 0.3) is 0 Å². The molecule has 1 atom stereocenters. The summed E-state index contributed by atoms with van der Waals surface area (Å²) in [5.41, 5.74) is 1.14. The third-order valence-electron chi connectivity index (χ3n) is 4.62. The highest BCUT2D eigenvalue weighted by Crippen LogP contribution is 2.22. The summed E-state index contributed by atoms with van der Waals surface area (Å²) >= 11 is 0. The molecule has 0 N–H and O–H groups in total. The Morgan fingerprint density at radius 3 is 2.81 bits per heavy atom. The number of aromatic nitrogens is 2. The van der Waals surface area contributed by atoms with Crippen molar-refractivity contribution in [1.82, 2.24) is 14.7 Å². The number of ketones is 1. The number of Topliss-reactive ketones (excluding diaryl/α,β-unsaturated/α-hetero) is 1. The van der Waals surface area contributed by atoms with Gasteiger partial charge in [0.1, 0.15) is 5.78 Å². The second-order valence-electron chi connectivity index (χ2n) is 6.28. The predicted octanol–water partition coefficient (Wildman–Crippen LogP) is 3.58. The van der Waals surface area contributed by atoms with Gasteiger partial charge in [-0.05, 0) is 45.2 Å². The number of piperidine rings is 1. The molecule has 1 aromatic rings. The van der Waals surface area contributed by atoms with E-state index in [0.717, 1.165) is 38.0 Å². The summed E-state index contributed by atoms with van der Waals surface area (Å²) in [7, 11) is 0. The molecule has 1 aromatic heterocycles. The summed E-state index contributed by atoms with van der Waals surface area (Å²) in [5, 5.41) is 4.75. The molecule has 0 aliphatic carbocycles. The van der Waals surface area contributed by atoms with E-state index in [-0.39, 0.29) is 0 Å². The van der Waals surface area contributed by atoms with Crippen LogP contribution in [0.5, 0.6) is 0 Å². The summed E-state index contributed by atoms with van der Waals surface area (Å²) in [4.78, 5) is 13.9. The van der Waals surface area contributed by atoms with Crippen LogP contribution < -0.4 is 0 Å². The van der Waals surface area contributed by atoms with Crippen molar-refractivity contribution in [2.45, 2.75) is 77.9 Å². The Hall–Kier alpha value is -1.16. The van der Waals surface area contributed by atoms with Crippen LogP contribution in [0.3, 0.4) is 0 Å². The zero-order valence-electron chi connectivity index (χ0n) is 13.7. The van der Waals surface area contributed by atoms with Gasteiger partial charge >= 0.3 is 0 Å². The molecule has 4 heteroatoms. The molecule has 1 aliphatic heterocycles. The monoisotopic (exact) mass is 291 g/mol. The molecule has 0 spiro atoms. The Kier molecular flexibility index (Phi) is 5.97. The molecule has 2 heterocycles. The normalized spacial score (nSPS) is 20.1. The van der Waals surface area contributed by atoms with Gasteiger partial charge in [0.25, 0.3) is 0 Å². The minimum absolute atomic E-state index is 0.300. The van der Waals surface area contributed by atoms with Crippen LogP contribution in [-0.4, -0.2) is 33.1 Å². The molecule has 1 saturated heterocycles. The van der Waals surface area contributed by atoms with Crippen LogP contribution in [0.4, 0.5) is 0 Å². The fourth-order valence-corrected chi connectivity index (χ4v) is 3.37. The molecule has 1 unspecified atom stereocenters. The van der Waals surface area contributed by atoms with Gasteiger partial charge in [-0.1, -0.05) is 20.3 Å². The minimum Gasteiger partial charge on any atom is -0.300 e. The van der Waals surface area contributed by atoms with Crippen LogP contribution >= 0.6 is 0 Å². The third kappa shape index (κ3) is 4.40. The molecule has 0 amide bonds. The Balaban J connectivity index is 2.00. The van der Waals surface area contributed by atoms with Gasteiger partial charge in [0.15, 0.2) is 0 Å². The molecule has 0 saturated carbocycles. The molecule has 2 rings (SSSR count). The van der Waals surface area contributed by atoms with Crippen LogP contribution in [0.2, 0.25) is 0 Å². The molecule has 0 aromatic carbocycles. The van der Waals surface area contributed by atoms with E-state index in [4.69, 9.17) is 5.10 Å². The van der Waals surface area contributed by atoms with E-state index in [0.29, 0.717) is 24.3 Å². The highest BCUT2D eigenvalue weighted by Gasteiger charge is 2.24. The number of nitrogens with zero attached hydrogens (tertiary/aromatic N) is 3. The lowest BCUT2D eigenvalue weighted by atomic mass is 9.97. The number of carbonyl (C=O) groups is 1. The van der Waals surface area contributed by atoms with E-state index >= 15 is 0 Å². The van der Waals surface area contributed by atoms with Crippen LogP contribution in [0.15, 0.2) is 12.3 Å². The minimum atomic E-state index is 0.300. The van der Waals surface area contributed by atoms with Crippen molar-refractivity contribution in [2.75, 3.05) is 6.54 Å². The van der Waals surface area contributed by atoms with Gasteiger partial charge in [0.2, 0.25) is 0 Å². The van der Waals surface area contributed by atoms with E-state index in [1.807, 2.05) is 0 Å². The lowest BCUT2D eigenvalue weighted by Gasteiger charge is -2.34. The molecule has 1 fully saturated rings. The van der Waals surface area contributed by atoms with Gasteiger partial charge in [0.05, 0.1) is 11.7 Å². The number of rotatable bonds is 7. The van der Waals surface area contributed by atoms with Gasteiger partial charge in [-0.15, -0.1) is 0 Å². The molecule has 1 aliphatic rings. The number of likely N-dealkylation sites (tertiary alicyclic amines) is 1. The van der Waals surface area contributed by atoms with Gasteiger partial charge < -0.3 is 0 Å². The maximum atomic E-state index is 11.4. The van der Waals surface area contributed by atoms with Crippen molar-refractivity contribution >= 4 is 5.78 Å². The Bertz CT molecular complexity index is 451. The fourth-order valence-electron chi connectivity index (χ4n) is 3.37. The summed E-state index contributed by atoms with van der Waals surface area (Å²) < 4.78 is 2.11. The Labute approximate surface area is 128 Å². The van der Waals surface area contributed by atoms with Crippen LogP contribution in [0.1, 0.15) is 71.0 Å². The SMILES string of the molecule is CCC(CC)n1ccc(CN2CCCCC2CC(C)=O)n1. The number of hydrogen-bond acceptors (Lipinski definition) is 3. The van der Waals surface area contributed by atoms with Crippen molar-refractivity contribution in [3.63, 3.8) is 0 Å². The van der Waals surface area contributed by atoms with Crippen molar-refractivity contribution in [3.8, 4) is 0 Å². The van der Waals surface area contributed by atoms with Crippen molar-refractivity contribution in [2.24, 2.45) is 0 Å². The van der Waals surface area contributed by atoms with E-state index in [1.54, 1.807) is 6.92 Å². The zero-order chi connectivity index (χ0) is 15.2. The summed E-state index contributed by atoms with van der Waals surface area (Å²) in [6.07, 6.45) is 8.66. The summed E-state index contributed by atoms with van der Waals surface area (Å²) in [6, 6.07) is 3.06. The average molecular weight is 291 g/mol. The smallest absolute Gasteiger partial charge is 0.131 e. The van der Waals surface area contributed by atoms with Crippen molar-refractivity contribution in [1.29, 1.82) is 0 Å². The standard InChI is InChI=1S/C17H29N3O/c1-4-16(5-2)20-11-9-15(18-20)13-19-10-7-6-8-17(19)12-14(3)21/h9,11,16-17H,4-8,10,12-13H2,1-3H3. The highest BCUT2D eigenvalue weighted by molar-refractivity contribution is 5.76. The third-order valence-corrected chi connectivity index (χ3v) is 4.62. The molecule has 4 nitrogen and oxygen atoms in total. The first-order valence-corrected chi connectivity index (χ1v) is 8.41. The van der Waals surface area contributed by atoms with Gasteiger partial charge in [-0.2, -0.15) is 5.10 Å². The lowest BCUT2D eigenvalue weighted by Crippen LogP contribution is -2.40. The largest absolute Gasteiger partial charge is 0.300 e. The van der Waals surface area contributed by atoms with Gasteiger partial charge in [-0.25, -0.2) is 0 Å². The van der Waals surface area contributed by atoms with E-state index in [2.05, 4.69) is 35.7 Å². The molecule has 0 bridgehead atoms. The van der Waals surface area contributed by atoms with Crippen LogP contribution in [-0.2, 0) is 11.3 Å². The first kappa shape index (κ1) is 16.2. The summed E-state index contributed by atoms with van der Waals surface area (Å²) in [6.45, 7) is 8.10. The van der Waals surface area contributed by atoms with Gasteiger partial charge in [0, 0.05) is 25.2 Å². The molecule has 118 valence electrons. The molecular weight excluding hydrogens is 262 g/mol. The number of carbonyl (C=O) groups excluding carboxylic acids is 1. The average Bonchev–Trinajstić information content (AvgIpc) is 2.90. The second kappa shape index (κ2) is 7.74. The van der Waals surface area contributed by atoms with Crippen molar-refractivity contribution in [3.05, 3.63) is 18.0 Å². The highest BCUT2D eigenvalue weighted by atomic mass is 16.1. The predicted molar refractivity (Wildman–Crippen MR) is 85.2 cm³/mol. The van der Waals surface area contributed by atoms with Crippen LogP contribution in [0, 0.1) is 0 Å². The molecule has 0 radical (unpaired) electrons.